The highest BCUT2D eigenvalue weighted by Gasteiger charge is 2.12. The summed E-state index contributed by atoms with van der Waals surface area (Å²) in [7, 11) is 0. The van der Waals surface area contributed by atoms with Crippen molar-refractivity contribution in [2.45, 2.75) is 32.9 Å². The van der Waals surface area contributed by atoms with E-state index in [1.165, 1.54) is 0 Å². The molecule has 1 unspecified atom stereocenters. The van der Waals surface area contributed by atoms with Crippen LogP contribution in [-0.2, 0) is 11.4 Å². The van der Waals surface area contributed by atoms with Gasteiger partial charge in [0.2, 0.25) is 5.91 Å². The van der Waals surface area contributed by atoms with Gasteiger partial charge in [0.25, 0.3) is 0 Å². The van der Waals surface area contributed by atoms with Crippen LogP contribution in [0, 0.1) is 6.92 Å². The molecule has 23 heavy (non-hydrogen) atoms. The summed E-state index contributed by atoms with van der Waals surface area (Å²) >= 11 is 6.14. The number of amides is 1. The minimum Gasteiger partial charge on any atom is -0.392 e. The first-order chi connectivity index (χ1) is 11.0. The van der Waals surface area contributed by atoms with Crippen molar-refractivity contribution in [1.29, 1.82) is 0 Å². The molecule has 0 radical (unpaired) electrons. The highest BCUT2D eigenvalue weighted by molar-refractivity contribution is 6.33. The molecule has 0 aromatic heterocycles. The summed E-state index contributed by atoms with van der Waals surface area (Å²) in [4.78, 5) is 12.1. The van der Waals surface area contributed by atoms with Crippen LogP contribution < -0.4 is 10.6 Å². The van der Waals surface area contributed by atoms with Crippen molar-refractivity contribution < 1.29 is 9.90 Å². The molecule has 2 aromatic carbocycles. The predicted octanol–water partition coefficient (Wildman–Crippen LogP) is 3.97. The molecular weight excluding hydrogens is 312 g/mol. The van der Waals surface area contributed by atoms with E-state index in [0.29, 0.717) is 11.4 Å². The summed E-state index contributed by atoms with van der Waals surface area (Å²) in [6.07, 6.45) is 0.314. The van der Waals surface area contributed by atoms with Gasteiger partial charge in [-0.2, -0.15) is 0 Å². The van der Waals surface area contributed by atoms with Crippen molar-refractivity contribution in [2.24, 2.45) is 0 Å². The second-order valence-corrected chi connectivity index (χ2v) is 5.99. The Morgan fingerprint density at radius 3 is 2.65 bits per heavy atom. The fourth-order valence-electron chi connectivity index (χ4n) is 2.29. The van der Waals surface area contributed by atoms with Crippen LogP contribution in [0.25, 0.3) is 0 Å². The van der Waals surface area contributed by atoms with Gasteiger partial charge < -0.3 is 15.7 Å². The van der Waals surface area contributed by atoms with Gasteiger partial charge >= 0.3 is 0 Å². The third-order valence-electron chi connectivity index (χ3n) is 3.53. The molecule has 3 N–H and O–H groups in total. The Bertz CT molecular complexity index is 688. The van der Waals surface area contributed by atoms with Crippen molar-refractivity contribution in [2.75, 3.05) is 10.6 Å². The van der Waals surface area contributed by atoms with E-state index in [9.17, 15) is 9.90 Å². The zero-order chi connectivity index (χ0) is 16.8. The van der Waals surface area contributed by atoms with Crippen molar-refractivity contribution >= 4 is 28.9 Å². The smallest absolute Gasteiger partial charge is 0.226 e. The van der Waals surface area contributed by atoms with E-state index >= 15 is 0 Å². The Kier molecular flexibility index (Phi) is 6.02. The Labute approximate surface area is 141 Å². The molecule has 4 nitrogen and oxygen atoms in total. The zero-order valence-corrected chi connectivity index (χ0v) is 14.0. The second kappa shape index (κ2) is 7.99. The molecule has 0 aliphatic rings. The Morgan fingerprint density at radius 2 is 1.96 bits per heavy atom. The Morgan fingerprint density at radius 1 is 1.22 bits per heavy atom. The average molecular weight is 333 g/mol. The maximum Gasteiger partial charge on any atom is 0.226 e. The number of hydrogen-bond donors (Lipinski definition) is 3. The molecule has 0 saturated heterocycles. The summed E-state index contributed by atoms with van der Waals surface area (Å²) < 4.78 is 0. The van der Waals surface area contributed by atoms with Gasteiger partial charge in [0, 0.05) is 18.2 Å². The molecule has 1 atom stereocenters. The van der Waals surface area contributed by atoms with E-state index in [4.69, 9.17) is 11.6 Å². The van der Waals surface area contributed by atoms with Crippen LogP contribution >= 0.6 is 11.6 Å². The van der Waals surface area contributed by atoms with E-state index in [1.54, 1.807) is 18.2 Å². The van der Waals surface area contributed by atoms with Crippen LogP contribution in [0.1, 0.15) is 24.5 Å². The van der Waals surface area contributed by atoms with Crippen molar-refractivity contribution in [3.63, 3.8) is 0 Å². The lowest BCUT2D eigenvalue weighted by atomic mass is 10.1. The Hall–Kier alpha value is -2.04. The number of aryl methyl sites for hydroxylation is 1. The Balaban J connectivity index is 1.95. The first-order valence-electron chi connectivity index (χ1n) is 7.51. The predicted molar refractivity (Wildman–Crippen MR) is 94.9 cm³/mol. The summed E-state index contributed by atoms with van der Waals surface area (Å²) in [6.45, 7) is 3.82. The minimum absolute atomic E-state index is 0.0476. The fraction of sp³-hybridized carbons (Fsp3) is 0.278. The summed E-state index contributed by atoms with van der Waals surface area (Å²) in [6, 6.07) is 12.9. The summed E-state index contributed by atoms with van der Waals surface area (Å²) in [5.74, 6) is -0.0614. The van der Waals surface area contributed by atoms with Crippen LogP contribution in [-0.4, -0.2) is 17.1 Å². The molecule has 5 heteroatoms. The number of aliphatic hydroxyl groups is 1. The van der Waals surface area contributed by atoms with Crippen molar-refractivity contribution in [3.8, 4) is 0 Å². The van der Waals surface area contributed by atoms with Gasteiger partial charge in [-0.1, -0.05) is 35.9 Å². The number of hydrogen-bond acceptors (Lipinski definition) is 3. The molecule has 0 aliphatic carbocycles. The molecule has 0 spiro atoms. The van der Waals surface area contributed by atoms with Crippen LogP contribution in [0.15, 0.2) is 42.5 Å². The van der Waals surface area contributed by atoms with Crippen molar-refractivity contribution in [1.82, 2.24) is 0 Å². The van der Waals surface area contributed by atoms with Crippen LogP contribution in [0.3, 0.4) is 0 Å². The number of aliphatic hydroxyl groups excluding tert-OH is 1. The first-order valence-corrected chi connectivity index (χ1v) is 7.88. The number of carbonyl (C=O) groups is 1. The molecular formula is C18H21ClN2O2. The fourth-order valence-corrected chi connectivity index (χ4v) is 2.46. The lowest BCUT2D eigenvalue weighted by Crippen LogP contribution is -2.24. The number of carbonyl (C=O) groups excluding carboxylic acids is 1. The van der Waals surface area contributed by atoms with Crippen LogP contribution in [0.5, 0.6) is 0 Å². The lowest BCUT2D eigenvalue weighted by Gasteiger charge is -2.17. The molecule has 2 aromatic rings. The molecule has 0 bridgehead atoms. The lowest BCUT2D eigenvalue weighted by molar-refractivity contribution is -0.116. The second-order valence-electron chi connectivity index (χ2n) is 5.58. The number of halogens is 1. The minimum atomic E-state index is -0.0922. The SMILES string of the molecule is Cc1ccccc1NC(=O)CC(C)Nc1cc(CO)ccc1Cl. The van der Waals surface area contributed by atoms with E-state index < -0.39 is 0 Å². The zero-order valence-electron chi connectivity index (χ0n) is 13.3. The molecule has 0 saturated carbocycles. The summed E-state index contributed by atoms with van der Waals surface area (Å²) in [5, 5.41) is 15.9. The maximum absolute atomic E-state index is 12.1. The number of rotatable bonds is 6. The van der Waals surface area contributed by atoms with Gasteiger partial charge in [-0.3, -0.25) is 4.79 Å². The monoisotopic (exact) mass is 332 g/mol. The normalized spacial score (nSPS) is 11.8. The third kappa shape index (κ3) is 4.98. The molecule has 122 valence electrons. The van der Waals surface area contributed by atoms with Gasteiger partial charge in [-0.15, -0.1) is 0 Å². The van der Waals surface area contributed by atoms with Gasteiger partial charge in [0.1, 0.15) is 0 Å². The van der Waals surface area contributed by atoms with Crippen molar-refractivity contribution in [3.05, 3.63) is 58.6 Å². The average Bonchev–Trinajstić information content (AvgIpc) is 2.51. The molecule has 0 heterocycles. The largest absolute Gasteiger partial charge is 0.392 e. The van der Waals surface area contributed by atoms with Gasteiger partial charge in [-0.25, -0.2) is 0 Å². The van der Waals surface area contributed by atoms with Crippen LogP contribution in [0.4, 0.5) is 11.4 Å². The maximum atomic E-state index is 12.1. The van der Waals surface area contributed by atoms with Gasteiger partial charge in [0.15, 0.2) is 0 Å². The number of nitrogens with one attached hydrogen (secondary N) is 2. The van der Waals surface area contributed by atoms with E-state index in [-0.39, 0.29) is 18.6 Å². The van der Waals surface area contributed by atoms with Crippen LogP contribution in [0.2, 0.25) is 5.02 Å². The number of benzene rings is 2. The molecule has 0 aliphatic heterocycles. The quantitative estimate of drug-likeness (QED) is 0.750. The van der Waals surface area contributed by atoms with E-state index in [0.717, 1.165) is 22.5 Å². The molecule has 0 fully saturated rings. The third-order valence-corrected chi connectivity index (χ3v) is 3.86. The first kappa shape index (κ1) is 17.3. The van der Waals surface area contributed by atoms with Gasteiger partial charge in [-0.05, 0) is 43.2 Å². The van der Waals surface area contributed by atoms with Gasteiger partial charge in [0.05, 0.1) is 17.3 Å². The van der Waals surface area contributed by atoms with E-state index in [1.807, 2.05) is 38.1 Å². The topological polar surface area (TPSA) is 61.4 Å². The number of anilines is 2. The van der Waals surface area contributed by atoms with E-state index in [2.05, 4.69) is 10.6 Å². The summed E-state index contributed by atoms with van der Waals surface area (Å²) in [5.41, 5.74) is 3.34. The standard InChI is InChI=1S/C18H21ClN2O2/c1-12-5-3-4-6-16(12)21-18(23)9-13(2)20-17-10-14(11-22)7-8-15(17)19/h3-8,10,13,20,22H,9,11H2,1-2H3,(H,21,23). The molecule has 1 amide bonds. The highest BCUT2D eigenvalue weighted by Crippen LogP contribution is 2.24. The number of para-hydroxylation sites is 1. The molecule has 2 rings (SSSR count). The highest BCUT2D eigenvalue weighted by atomic mass is 35.5.